The first-order valence-corrected chi connectivity index (χ1v) is 6.63. The molecule has 0 saturated heterocycles. The third-order valence-electron chi connectivity index (χ3n) is 3.09. The van der Waals surface area contributed by atoms with E-state index >= 15 is 0 Å². The number of rotatable bonds is 7. The minimum atomic E-state index is 0. The Morgan fingerprint density at radius 3 is 2.53 bits per heavy atom. The molecule has 0 amide bonds. The van der Waals surface area contributed by atoms with Crippen molar-refractivity contribution in [3.63, 3.8) is 0 Å². The minimum absolute atomic E-state index is 0. The standard InChI is InChI=1S/C15H21N3.ClH/c1-2-14-4-6-15(7-5-14)12-16-8-3-10-18-11-9-17-13-18;/h4-7,9,11,13,16H,2-3,8,10,12H2,1H3;1H. The predicted molar refractivity (Wildman–Crippen MR) is 81.6 cm³/mol. The van der Waals surface area contributed by atoms with Gasteiger partial charge in [0.2, 0.25) is 0 Å². The number of aromatic nitrogens is 2. The molecule has 0 fully saturated rings. The highest BCUT2D eigenvalue weighted by Gasteiger charge is 1.94. The number of hydrogen-bond acceptors (Lipinski definition) is 2. The summed E-state index contributed by atoms with van der Waals surface area (Å²) in [6.07, 6.45) is 7.93. The van der Waals surface area contributed by atoms with Crippen LogP contribution in [0.5, 0.6) is 0 Å². The number of aryl methyl sites for hydroxylation is 2. The van der Waals surface area contributed by atoms with Crippen LogP contribution in [0.2, 0.25) is 0 Å². The Morgan fingerprint density at radius 2 is 1.89 bits per heavy atom. The van der Waals surface area contributed by atoms with Crippen LogP contribution in [0.25, 0.3) is 0 Å². The number of halogens is 1. The smallest absolute Gasteiger partial charge is 0.0945 e. The fraction of sp³-hybridized carbons (Fsp3) is 0.400. The Morgan fingerprint density at radius 1 is 1.16 bits per heavy atom. The van der Waals surface area contributed by atoms with Gasteiger partial charge in [0, 0.05) is 25.5 Å². The van der Waals surface area contributed by atoms with E-state index in [9.17, 15) is 0 Å². The Kier molecular flexibility index (Phi) is 7.23. The first-order valence-electron chi connectivity index (χ1n) is 6.63. The summed E-state index contributed by atoms with van der Waals surface area (Å²) in [6, 6.07) is 8.84. The van der Waals surface area contributed by atoms with Crippen LogP contribution < -0.4 is 5.32 Å². The highest BCUT2D eigenvalue weighted by atomic mass is 35.5. The Bertz CT molecular complexity index is 437. The Hall–Kier alpha value is -1.32. The molecule has 3 nitrogen and oxygen atoms in total. The number of benzene rings is 1. The SMILES string of the molecule is CCc1ccc(CNCCCn2ccnc2)cc1.Cl. The van der Waals surface area contributed by atoms with Crippen LogP contribution in [0.4, 0.5) is 0 Å². The molecule has 2 aromatic rings. The van der Waals surface area contributed by atoms with E-state index in [-0.39, 0.29) is 12.4 Å². The summed E-state index contributed by atoms with van der Waals surface area (Å²) in [4.78, 5) is 4.03. The van der Waals surface area contributed by atoms with Crippen LogP contribution in [0.1, 0.15) is 24.5 Å². The fourth-order valence-electron chi connectivity index (χ4n) is 1.93. The molecule has 0 aliphatic heterocycles. The quantitative estimate of drug-likeness (QED) is 0.790. The van der Waals surface area contributed by atoms with Gasteiger partial charge in [-0.25, -0.2) is 4.98 Å². The van der Waals surface area contributed by atoms with E-state index in [1.54, 1.807) is 0 Å². The number of nitrogens with zero attached hydrogens (tertiary/aromatic N) is 2. The van der Waals surface area contributed by atoms with Gasteiger partial charge in [-0.05, 0) is 30.5 Å². The summed E-state index contributed by atoms with van der Waals surface area (Å²) in [7, 11) is 0. The van der Waals surface area contributed by atoms with Gasteiger partial charge in [-0.2, -0.15) is 0 Å². The van der Waals surface area contributed by atoms with Gasteiger partial charge in [-0.1, -0.05) is 31.2 Å². The molecule has 0 spiro atoms. The minimum Gasteiger partial charge on any atom is -0.337 e. The summed E-state index contributed by atoms with van der Waals surface area (Å²) in [5.74, 6) is 0. The number of nitrogens with one attached hydrogen (secondary N) is 1. The van der Waals surface area contributed by atoms with Crippen LogP contribution in [0.3, 0.4) is 0 Å². The monoisotopic (exact) mass is 279 g/mol. The highest BCUT2D eigenvalue weighted by Crippen LogP contribution is 2.04. The van der Waals surface area contributed by atoms with Crippen LogP contribution in [0.15, 0.2) is 43.0 Å². The molecule has 1 heterocycles. The molecule has 104 valence electrons. The van der Waals surface area contributed by atoms with Crippen LogP contribution >= 0.6 is 12.4 Å². The molecule has 1 aromatic heterocycles. The lowest BCUT2D eigenvalue weighted by Gasteiger charge is -2.06. The second kappa shape index (κ2) is 8.73. The van der Waals surface area contributed by atoms with Crippen molar-refractivity contribution in [2.45, 2.75) is 32.9 Å². The molecule has 0 unspecified atom stereocenters. The van der Waals surface area contributed by atoms with Crippen molar-refractivity contribution in [3.05, 3.63) is 54.1 Å². The molecular formula is C15H22ClN3. The molecule has 1 N–H and O–H groups in total. The van der Waals surface area contributed by atoms with Gasteiger partial charge in [-0.15, -0.1) is 12.4 Å². The molecule has 0 aliphatic carbocycles. The Balaban J connectivity index is 0.00000180. The summed E-state index contributed by atoms with van der Waals surface area (Å²) in [5, 5.41) is 3.47. The van der Waals surface area contributed by atoms with Gasteiger partial charge >= 0.3 is 0 Å². The van der Waals surface area contributed by atoms with Crippen molar-refractivity contribution < 1.29 is 0 Å². The van der Waals surface area contributed by atoms with Crippen molar-refractivity contribution >= 4 is 12.4 Å². The van der Waals surface area contributed by atoms with Crippen molar-refractivity contribution in [3.8, 4) is 0 Å². The molecule has 0 radical (unpaired) electrons. The maximum atomic E-state index is 4.03. The van der Waals surface area contributed by atoms with E-state index in [1.165, 1.54) is 11.1 Å². The van der Waals surface area contributed by atoms with E-state index in [4.69, 9.17) is 0 Å². The molecule has 0 atom stereocenters. The van der Waals surface area contributed by atoms with Crippen LogP contribution in [0, 0.1) is 0 Å². The first kappa shape index (κ1) is 15.7. The number of imidazole rings is 1. The maximum Gasteiger partial charge on any atom is 0.0945 e. The first-order chi connectivity index (χ1) is 8.88. The summed E-state index contributed by atoms with van der Waals surface area (Å²) < 4.78 is 2.11. The fourth-order valence-corrected chi connectivity index (χ4v) is 1.93. The van der Waals surface area contributed by atoms with Crippen molar-refractivity contribution in [2.24, 2.45) is 0 Å². The van der Waals surface area contributed by atoms with Gasteiger partial charge < -0.3 is 9.88 Å². The molecular weight excluding hydrogens is 258 g/mol. The third-order valence-corrected chi connectivity index (χ3v) is 3.09. The zero-order valence-corrected chi connectivity index (χ0v) is 12.2. The molecule has 0 aliphatic rings. The lowest BCUT2D eigenvalue weighted by atomic mass is 10.1. The molecule has 0 bridgehead atoms. The van der Waals surface area contributed by atoms with Gasteiger partial charge in [0.15, 0.2) is 0 Å². The summed E-state index contributed by atoms with van der Waals surface area (Å²) in [6.45, 7) is 5.20. The molecule has 0 saturated carbocycles. The van der Waals surface area contributed by atoms with E-state index < -0.39 is 0 Å². The van der Waals surface area contributed by atoms with Gasteiger partial charge in [-0.3, -0.25) is 0 Å². The molecule has 4 heteroatoms. The van der Waals surface area contributed by atoms with Gasteiger partial charge in [0.05, 0.1) is 6.33 Å². The Labute approximate surface area is 121 Å². The lowest BCUT2D eigenvalue weighted by molar-refractivity contribution is 0.580. The summed E-state index contributed by atoms with van der Waals surface area (Å²) in [5.41, 5.74) is 2.76. The zero-order valence-electron chi connectivity index (χ0n) is 11.4. The highest BCUT2D eigenvalue weighted by molar-refractivity contribution is 5.85. The zero-order chi connectivity index (χ0) is 12.6. The molecule has 2 rings (SSSR count). The lowest BCUT2D eigenvalue weighted by Crippen LogP contribution is -2.16. The number of hydrogen-bond donors (Lipinski definition) is 1. The maximum absolute atomic E-state index is 4.03. The van der Waals surface area contributed by atoms with Crippen LogP contribution in [-0.4, -0.2) is 16.1 Å². The largest absolute Gasteiger partial charge is 0.337 e. The topological polar surface area (TPSA) is 29.9 Å². The van der Waals surface area contributed by atoms with Crippen molar-refractivity contribution in [1.29, 1.82) is 0 Å². The third kappa shape index (κ3) is 5.45. The normalized spacial score (nSPS) is 10.2. The van der Waals surface area contributed by atoms with E-state index in [0.29, 0.717) is 0 Å². The van der Waals surface area contributed by atoms with E-state index in [2.05, 4.69) is 46.1 Å². The van der Waals surface area contributed by atoms with Gasteiger partial charge in [0.1, 0.15) is 0 Å². The molecule has 1 aromatic carbocycles. The van der Waals surface area contributed by atoms with E-state index in [1.807, 2.05) is 18.7 Å². The second-order valence-electron chi connectivity index (χ2n) is 4.50. The molecule has 19 heavy (non-hydrogen) atoms. The van der Waals surface area contributed by atoms with E-state index in [0.717, 1.165) is 32.5 Å². The average Bonchev–Trinajstić information content (AvgIpc) is 2.92. The van der Waals surface area contributed by atoms with Crippen molar-refractivity contribution in [1.82, 2.24) is 14.9 Å². The van der Waals surface area contributed by atoms with Crippen LogP contribution in [-0.2, 0) is 19.5 Å². The van der Waals surface area contributed by atoms with Gasteiger partial charge in [0.25, 0.3) is 0 Å². The average molecular weight is 280 g/mol. The van der Waals surface area contributed by atoms with Crippen molar-refractivity contribution in [2.75, 3.05) is 6.54 Å². The predicted octanol–water partition coefficient (Wildman–Crippen LogP) is 3.05. The summed E-state index contributed by atoms with van der Waals surface area (Å²) >= 11 is 0. The second-order valence-corrected chi connectivity index (χ2v) is 4.50.